The van der Waals surface area contributed by atoms with E-state index in [0.717, 1.165) is 19.3 Å². The van der Waals surface area contributed by atoms with Gasteiger partial charge in [-0.25, -0.2) is 4.98 Å². The number of fused-ring (bicyclic) bond motifs is 1. The van der Waals surface area contributed by atoms with E-state index in [0.29, 0.717) is 56.7 Å². The molecule has 1 saturated carbocycles. The highest BCUT2D eigenvalue weighted by atomic mass is 16.5. The monoisotopic (exact) mass is 531 g/mol. The zero-order valence-electron chi connectivity index (χ0n) is 22.6. The Hall–Kier alpha value is -3.52. The number of nitrogens with one attached hydrogen (secondary N) is 1. The zero-order chi connectivity index (χ0) is 27.2. The molecule has 2 unspecified atom stereocenters. The SMILES string of the molecule is CCCC(NC(=O)C(CC(=O)N1CCOCC1)CC1(Cc2ccccc2)CC1)C(=O)c1nc2ccccc2o1. The van der Waals surface area contributed by atoms with E-state index in [1.54, 1.807) is 17.0 Å². The van der Waals surface area contributed by atoms with Gasteiger partial charge in [0, 0.05) is 25.4 Å². The van der Waals surface area contributed by atoms with Crippen LogP contribution in [0.1, 0.15) is 61.7 Å². The van der Waals surface area contributed by atoms with Gasteiger partial charge in [0.2, 0.25) is 17.6 Å². The van der Waals surface area contributed by atoms with Crippen molar-refractivity contribution in [2.75, 3.05) is 26.3 Å². The molecule has 1 saturated heterocycles. The zero-order valence-corrected chi connectivity index (χ0v) is 22.6. The van der Waals surface area contributed by atoms with E-state index in [1.807, 2.05) is 37.3 Å². The molecule has 2 heterocycles. The van der Waals surface area contributed by atoms with Crippen LogP contribution in [-0.4, -0.2) is 59.8 Å². The molecule has 2 aromatic carbocycles. The van der Waals surface area contributed by atoms with Crippen LogP contribution in [0.15, 0.2) is 59.0 Å². The largest absolute Gasteiger partial charge is 0.434 e. The highest BCUT2D eigenvalue weighted by Crippen LogP contribution is 2.53. The molecule has 2 fully saturated rings. The summed E-state index contributed by atoms with van der Waals surface area (Å²) < 4.78 is 11.1. The van der Waals surface area contributed by atoms with Crippen LogP contribution >= 0.6 is 0 Å². The van der Waals surface area contributed by atoms with Gasteiger partial charge in [0.25, 0.3) is 5.89 Å². The fourth-order valence-electron chi connectivity index (χ4n) is 5.57. The maximum absolute atomic E-state index is 13.8. The lowest BCUT2D eigenvalue weighted by atomic mass is 9.84. The number of amides is 2. The Morgan fingerprint density at radius 2 is 1.74 bits per heavy atom. The highest BCUT2D eigenvalue weighted by Gasteiger charge is 2.46. The molecular formula is C31H37N3O5. The molecule has 0 bridgehead atoms. The normalized spacial score (nSPS) is 17.9. The van der Waals surface area contributed by atoms with Crippen molar-refractivity contribution in [3.05, 3.63) is 66.1 Å². The quantitative estimate of drug-likeness (QED) is 0.344. The van der Waals surface area contributed by atoms with Crippen LogP contribution in [0.5, 0.6) is 0 Å². The van der Waals surface area contributed by atoms with Crippen molar-refractivity contribution in [2.24, 2.45) is 11.3 Å². The summed E-state index contributed by atoms with van der Waals surface area (Å²) in [5.41, 5.74) is 2.38. The molecule has 3 aromatic rings. The van der Waals surface area contributed by atoms with Crippen molar-refractivity contribution in [1.82, 2.24) is 15.2 Å². The van der Waals surface area contributed by atoms with E-state index in [-0.39, 0.29) is 35.3 Å². The summed E-state index contributed by atoms with van der Waals surface area (Å²) in [6.07, 6.45) is 4.83. The third kappa shape index (κ3) is 6.74. The molecule has 1 aliphatic carbocycles. The number of carbonyl (C=O) groups is 3. The Labute approximate surface area is 229 Å². The highest BCUT2D eigenvalue weighted by molar-refractivity contribution is 6.00. The van der Waals surface area contributed by atoms with Crippen molar-refractivity contribution in [2.45, 2.75) is 57.9 Å². The van der Waals surface area contributed by atoms with Crippen molar-refractivity contribution < 1.29 is 23.5 Å². The fraction of sp³-hybridized carbons (Fsp3) is 0.484. The Kier molecular flexibility index (Phi) is 8.41. The Bertz CT molecular complexity index is 1260. The first-order valence-electron chi connectivity index (χ1n) is 14.1. The van der Waals surface area contributed by atoms with E-state index in [2.05, 4.69) is 22.4 Å². The number of aromatic nitrogens is 1. The Morgan fingerprint density at radius 1 is 1.03 bits per heavy atom. The number of hydrogen-bond acceptors (Lipinski definition) is 6. The molecule has 39 heavy (non-hydrogen) atoms. The number of nitrogens with zero attached hydrogens (tertiary/aromatic N) is 2. The molecule has 1 aliphatic heterocycles. The second kappa shape index (κ2) is 12.1. The molecule has 0 spiro atoms. The van der Waals surface area contributed by atoms with Gasteiger partial charge in [-0.2, -0.15) is 0 Å². The third-order valence-electron chi connectivity index (χ3n) is 7.93. The van der Waals surface area contributed by atoms with Crippen LogP contribution in [0.3, 0.4) is 0 Å². The number of rotatable bonds is 12. The van der Waals surface area contributed by atoms with Gasteiger partial charge in [0.15, 0.2) is 5.58 Å². The lowest BCUT2D eigenvalue weighted by Gasteiger charge is -2.30. The number of morpholine rings is 1. The van der Waals surface area contributed by atoms with Crippen molar-refractivity contribution in [1.29, 1.82) is 0 Å². The van der Waals surface area contributed by atoms with Crippen molar-refractivity contribution >= 4 is 28.7 Å². The molecule has 2 amide bonds. The van der Waals surface area contributed by atoms with E-state index in [4.69, 9.17) is 9.15 Å². The van der Waals surface area contributed by atoms with Crippen molar-refractivity contribution in [3.8, 4) is 0 Å². The summed E-state index contributed by atoms with van der Waals surface area (Å²) in [6.45, 7) is 4.07. The molecule has 0 radical (unpaired) electrons. The average molecular weight is 532 g/mol. The second-order valence-corrected chi connectivity index (χ2v) is 11.0. The minimum absolute atomic E-state index is 0.000791. The number of hydrogen-bond donors (Lipinski definition) is 1. The van der Waals surface area contributed by atoms with Gasteiger partial charge in [-0.1, -0.05) is 55.8 Å². The third-order valence-corrected chi connectivity index (χ3v) is 7.93. The summed E-state index contributed by atoms with van der Waals surface area (Å²) in [5.74, 6) is -1.16. The molecule has 5 rings (SSSR count). The Morgan fingerprint density at radius 3 is 2.44 bits per heavy atom. The predicted octanol–water partition coefficient (Wildman–Crippen LogP) is 4.57. The molecule has 8 nitrogen and oxygen atoms in total. The molecule has 2 aliphatic rings. The molecule has 1 N–H and O–H groups in total. The average Bonchev–Trinajstić information content (AvgIpc) is 3.57. The fourth-order valence-corrected chi connectivity index (χ4v) is 5.57. The standard InChI is InChI=1S/C31H37N3O5/c1-2-8-25(28(36)30-33-24-11-6-7-12-26(24)39-30)32-29(37)23(19-27(35)34-15-17-38-18-16-34)21-31(13-14-31)20-22-9-4-3-5-10-22/h3-7,9-12,23,25H,2,8,13-21H2,1H3,(H,32,37). The smallest absolute Gasteiger partial charge is 0.266 e. The number of ketones is 1. The number of Topliss-reactive ketones (excluding diaryl/α,β-unsaturated/α-hetero) is 1. The first-order chi connectivity index (χ1) is 19.0. The number of carbonyl (C=O) groups excluding carboxylic acids is 3. The molecule has 1 aromatic heterocycles. The summed E-state index contributed by atoms with van der Waals surface area (Å²) in [4.78, 5) is 46.6. The number of oxazole rings is 1. The lowest BCUT2D eigenvalue weighted by molar-refractivity contribution is -0.140. The van der Waals surface area contributed by atoms with Gasteiger partial charge < -0.3 is 19.4 Å². The predicted molar refractivity (Wildman–Crippen MR) is 147 cm³/mol. The van der Waals surface area contributed by atoms with Crippen LogP contribution in [0, 0.1) is 11.3 Å². The maximum Gasteiger partial charge on any atom is 0.266 e. The van der Waals surface area contributed by atoms with Crippen LogP contribution in [0.2, 0.25) is 0 Å². The van der Waals surface area contributed by atoms with Gasteiger partial charge in [-0.15, -0.1) is 0 Å². The minimum Gasteiger partial charge on any atom is -0.434 e. The first-order valence-corrected chi connectivity index (χ1v) is 14.1. The number of benzene rings is 2. The Balaban J connectivity index is 1.33. The summed E-state index contributed by atoms with van der Waals surface area (Å²) in [6, 6.07) is 16.8. The lowest BCUT2D eigenvalue weighted by Crippen LogP contribution is -2.46. The maximum atomic E-state index is 13.8. The number of ether oxygens (including phenoxy) is 1. The van der Waals surface area contributed by atoms with E-state index in [9.17, 15) is 14.4 Å². The van der Waals surface area contributed by atoms with Crippen LogP contribution in [0.4, 0.5) is 0 Å². The molecule has 206 valence electrons. The summed E-state index contributed by atoms with van der Waals surface area (Å²) in [7, 11) is 0. The van der Waals surface area contributed by atoms with Crippen LogP contribution in [0.25, 0.3) is 11.1 Å². The van der Waals surface area contributed by atoms with E-state index >= 15 is 0 Å². The van der Waals surface area contributed by atoms with Gasteiger partial charge in [0.05, 0.1) is 19.3 Å². The molecule has 8 heteroatoms. The minimum atomic E-state index is -0.763. The van der Waals surface area contributed by atoms with Gasteiger partial charge in [0.1, 0.15) is 5.52 Å². The van der Waals surface area contributed by atoms with Crippen molar-refractivity contribution in [3.63, 3.8) is 0 Å². The summed E-state index contributed by atoms with van der Waals surface area (Å²) >= 11 is 0. The second-order valence-electron chi connectivity index (χ2n) is 11.0. The first kappa shape index (κ1) is 27.1. The van der Waals surface area contributed by atoms with Gasteiger partial charge >= 0.3 is 0 Å². The molecule has 2 atom stereocenters. The van der Waals surface area contributed by atoms with Crippen LogP contribution < -0.4 is 5.32 Å². The van der Waals surface area contributed by atoms with Crippen LogP contribution in [-0.2, 0) is 20.7 Å². The van der Waals surface area contributed by atoms with Gasteiger partial charge in [-0.3, -0.25) is 14.4 Å². The van der Waals surface area contributed by atoms with Gasteiger partial charge in [-0.05, 0) is 55.2 Å². The molecular weight excluding hydrogens is 494 g/mol. The summed E-state index contributed by atoms with van der Waals surface area (Å²) in [5, 5.41) is 3.00. The van der Waals surface area contributed by atoms with E-state index in [1.165, 1.54) is 5.56 Å². The number of para-hydroxylation sites is 2. The topological polar surface area (TPSA) is 102 Å². The van der Waals surface area contributed by atoms with E-state index < -0.39 is 12.0 Å².